The van der Waals surface area contributed by atoms with Gasteiger partial charge in [0.2, 0.25) is 0 Å². The minimum Gasteiger partial charge on any atom is -0.382 e. The highest BCUT2D eigenvalue weighted by Gasteiger charge is 2.24. The third kappa shape index (κ3) is 6.33. The molecule has 1 aliphatic rings. The van der Waals surface area contributed by atoms with Crippen molar-refractivity contribution in [1.29, 1.82) is 0 Å². The van der Waals surface area contributed by atoms with Crippen molar-refractivity contribution >= 4 is 12.4 Å². The largest absolute Gasteiger partial charge is 0.382 e. The number of halogens is 1. The van der Waals surface area contributed by atoms with Crippen LogP contribution in [0.2, 0.25) is 0 Å². The normalized spacial score (nSPS) is 23.6. The fourth-order valence-corrected chi connectivity index (χ4v) is 1.79. The predicted octanol–water partition coefficient (Wildman–Crippen LogP) is 0.493. The minimum absolute atomic E-state index is 0. The topological polar surface area (TPSA) is 47.7 Å². The standard InChI is InChI=1S/C10H22N2O2.ClH/c1-10(2,11)8-12-4-5-14-9(6-12)7-13-3;/h9H,4-8,11H2,1-3H3;1H. The second-order valence-electron chi connectivity index (χ2n) is 4.67. The van der Waals surface area contributed by atoms with E-state index >= 15 is 0 Å². The van der Waals surface area contributed by atoms with Crippen LogP contribution in [0.5, 0.6) is 0 Å². The molecule has 0 radical (unpaired) electrons. The van der Waals surface area contributed by atoms with E-state index in [1.807, 2.05) is 13.8 Å². The van der Waals surface area contributed by atoms with Crippen LogP contribution in [0.4, 0.5) is 0 Å². The van der Waals surface area contributed by atoms with Crippen LogP contribution in [0.15, 0.2) is 0 Å². The summed E-state index contributed by atoms with van der Waals surface area (Å²) in [4.78, 5) is 2.34. The van der Waals surface area contributed by atoms with Crippen LogP contribution in [0.25, 0.3) is 0 Å². The van der Waals surface area contributed by atoms with Gasteiger partial charge in [0.1, 0.15) is 0 Å². The lowest BCUT2D eigenvalue weighted by Gasteiger charge is -2.36. The van der Waals surface area contributed by atoms with E-state index in [2.05, 4.69) is 4.90 Å². The maximum absolute atomic E-state index is 5.97. The molecule has 2 N–H and O–H groups in total. The van der Waals surface area contributed by atoms with Crippen molar-refractivity contribution < 1.29 is 9.47 Å². The summed E-state index contributed by atoms with van der Waals surface area (Å²) in [6, 6.07) is 0. The molecule has 0 aliphatic carbocycles. The van der Waals surface area contributed by atoms with Gasteiger partial charge in [0.05, 0.1) is 19.3 Å². The average molecular weight is 239 g/mol. The number of ether oxygens (including phenoxy) is 2. The van der Waals surface area contributed by atoms with Gasteiger partial charge < -0.3 is 15.2 Å². The van der Waals surface area contributed by atoms with E-state index in [9.17, 15) is 0 Å². The molecule has 0 spiro atoms. The van der Waals surface area contributed by atoms with Crippen molar-refractivity contribution in [2.45, 2.75) is 25.5 Å². The lowest BCUT2D eigenvalue weighted by atomic mass is 10.1. The first-order valence-corrected chi connectivity index (χ1v) is 5.13. The summed E-state index contributed by atoms with van der Waals surface area (Å²) in [5.41, 5.74) is 5.84. The first kappa shape index (κ1) is 15.1. The minimum atomic E-state index is -0.130. The number of nitrogens with two attached hydrogens (primary N) is 1. The molecular weight excluding hydrogens is 216 g/mol. The zero-order valence-corrected chi connectivity index (χ0v) is 10.7. The molecule has 0 aromatic rings. The molecule has 0 aromatic carbocycles. The first-order valence-electron chi connectivity index (χ1n) is 5.13. The van der Waals surface area contributed by atoms with Gasteiger partial charge >= 0.3 is 0 Å². The summed E-state index contributed by atoms with van der Waals surface area (Å²) in [6.07, 6.45) is 0.205. The van der Waals surface area contributed by atoms with E-state index in [1.54, 1.807) is 7.11 Å². The maximum Gasteiger partial charge on any atom is 0.0935 e. The summed E-state index contributed by atoms with van der Waals surface area (Å²) >= 11 is 0. The molecule has 0 bridgehead atoms. The van der Waals surface area contributed by atoms with E-state index in [-0.39, 0.29) is 24.0 Å². The molecule has 1 atom stereocenters. The quantitative estimate of drug-likeness (QED) is 0.775. The molecule has 0 saturated carbocycles. The molecule has 5 heteroatoms. The molecule has 4 nitrogen and oxygen atoms in total. The number of rotatable bonds is 4. The van der Waals surface area contributed by atoms with Gasteiger partial charge in [-0.3, -0.25) is 4.90 Å². The van der Waals surface area contributed by atoms with E-state index in [0.717, 1.165) is 26.2 Å². The van der Waals surface area contributed by atoms with Crippen LogP contribution in [0.1, 0.15) is 13.8 Å². The molecule has 0 aromatic heterocycles. The van der Waals surface area contributed by atoms with Crippen molar-refractivity contribution in [3.05, 3.63) is 0 Å². The fraction of sp³-hybridized carbons (Fsp3) is 1.00. The van der Waals surface area contributed by atoms with E-state index in [0.29, 0.717) is 6.61 Å². The average Bonchev–Trinajstić information content (AvgIpc) is 2.02. The number of hydrogen-bond acceptors (Lipinski definition) is 4. The second-order valence-corrected chi connectivity index (χ2v) is 4.67. The number of nitrogens with zero attached hydrogens (tertiary/aromatic N) is 1. The lowest BCUT2D eigenvalue weighted by molar-refractivity contribution is -0.0641. The predicted molar refractivity (Wildman–Crippen MR) is 63.6 cm³/mol. The smallest absolute Gasteiger partial charge is 0.0935 e. The van der Waals surface area contributed by atoms with Gasteiger partial charge in [-0.05, 0) is 13.8 Å². The highest BCUT2D eigenvalue weighted by atomic mass is 35.5. The van der Waals surface area contributed by atoms with E-state index < -0.39 is 0 Å². The van der Waals surface area contributed by atoms with Crippen LogP contribution < -0.4 is 5.73 Å². The molecule has 1 aliphatic heterocycles. The summed E-state index contributed by atoms with van der Waals surface area (Å²) in [7, 11) is 1.70. The lowest BCUT2D eigenvalue weighted by Crippen LogP contribution is -2.52. The Kier molecular flexibility index (Phi) is 6.71. The molecule has 92 valence electrons. The van der Waals surface area contributed by atoms with Crippen molar-refractivity contribution in [2.24, 2.45) is 5.73 Å². The first-order chi connectivity index (χ1) is 6.51. The van der Waals surface area contributed by atoms with Crippen molar-refractivity contribution in [3.63, 3.8) is 0 Å². The Bertz CT molecular complexity index is 171. The Balaban J connectivity index is 0.00000196. The van der Waals surface area contributed by atoms with Crippen LogP contribution in [-0.2, 0) is 9.47 Å². The van der Waals surface area contributed by atoms with Gasteiger partial charge in [-0.1, -0.05) is 0 Å². The zero-order chi connectivity index (χ0) is 10.6. The van der Waals surface area contributed by atoms with Gasteiger partial charge in [0.25, 0.3) is 0 Å². The Morgan fingerprint density at radius 1 is 1.53 bits per heavy atom. The van der Waals surface area contributed by atoms with Crippen molar-refractivity contribution in [1.82, 2.24) is 4.90 Å². The molecule has 0 amide bonds. The summed E-state index contributed by atoms with van der Waals surface area (Å²) < 4.78 is 10.6. The summed E-state index contributed by atoms with van der Waals surface area (Å²) in [6.45, 7) is 8.36. The van der Waals surface area contributed by atoms with Crippen LogP contribution in [0, 0.1) is 0 Å². The van der Waals surface area contributed by atoms with E-state index in [4.69, 9.17) is 15.2 Å². The van der Waals surface area contributed by atoms with Crippen LogP contribution in [0.3, 0.4) is 0 Å². The van der Waals surface area contributed by atoms with Crippen molar-refractivity contribution in [2.75, 3.05) is 40.0 Å². The Labute approximate surface area is 98.5 Å². The van der Waals surface area contributed by atoms with Gasteiger partial charge in [-0.2, -0.15) is 0 Å². The van der Waals surface area contributed by atoms with Crippen molar-refractivity contribution in [3.8, 4) is 0 Å². The molecular formula is C10H23ClN2O2. The van der Waals surface area contributed by atoms with Gasteiger partial charge in [-0.15, -0.1) is 12.4 Å². The molecule has 1 unspecified atom stereocenters. The van der Waals surface area contributed by atoms with Crippen LogP contribution >= 0.6 is 12.4 Å². The molecule has 1 rings (SSSR count). The number of morpholine rings is 1. The number of hydrogen-bond donors (Lipinski definition) is 1. The summed E-state index contributed by atoms with van der Waals surface area (Å²) in [5.74, 6) is 0. The zero-order valence-electron chi connectivity index (χ0n) is 9.86. The Hall–Kier alpha value is 0.130. The molecule has 1 saturated heterocycles. The Morgan fingerprint density at radius 2 is 2.20 bits per heavy atom. The molecule has 1 fully saturated rings. The highest BCUT2D eigenvalue weighted by molar-refractivity contribution is 5.85. The monoisotopic (exact) mass is 238 g/mol. The molecule has 15 heavy (non-hydrogen) atoms. The van der Waals surface area contributed by atoms with Gasteiger partial charge in [-0.25, -0.2) is 0 Å². The SMILES string of the molecule is COCC1CN(CC(C)(C)N)CCO1.Cl. The summed E-state index contributed by atoms with van der Waals surface area (Å²) in [5, 5.41) is 0. The third-order valence-electron chi connectivity index (χ3n) is 2.21. The molecule has 1 heterocycles. The van der Waals surface area contributed by atoms with Gasteiger partial charge in [0, 0.05) is 32.3 Å². The van der Waals surface area contributed by atoms with E-state index in [1.165, 1.54) is 0 Å². The second kappa shape index (κ2) is 6.66. The fourth-order valence-electron chi connectivity index (χ4n) is 1.79. The number of methoxy groups -OCH3 is 1. The maximum atomic E-state index is 5.97. The Morgan fingerprint density at radius 3 is 2.73 bits per heavy atom. The van der Waals surface area contributed by atoms with Gasteiger partial charge in [0.15, 0.2) is 0 Å². The highest BCUT2D eigenvalue weighted by Crippen LogP contribution is 2.09. The van der Waals surface area contributed by atoms with Crippen LogP contribution in [-0.4, -0.2) is 56.5 Å². The third-order valence-corrected chi connectivity index (χ3v) is 2.21.